The first-order valence-electron chi connectivity index (χ1n) is 11.5. The van der Waals surface area contributed by atoms with E-state index in [1.54, 1.807) is 24.3 Å². The molecule has 1 fully saturated rings. The third-order valence-electron chi connectivity index (χ3n) is 6.15. The van der Waals surface area contributed by atoms with E-state index in [0.717, 1.165) is 36.4 Å². The normalized spacial score (nSPS) is 13.9. The Kier molecular flexibility index (Phi) is 6.15. The molecule has 1 aliphatic rings. The second kappa shape index (κ2) is 9.38. The zero-order valence-electron chi connectivity index (χ0n) is 19.3. The Morgan fingerprint density at radius 3 is 2.53 bits per heavy atom. The number of nitrogens with zero attached hydrogens (tertiary/aromatic N) is 3. The summed E-state index contributed by atoms with van der Waals surface area (Å²) in [7, 11) is 0. The maximum absolute atomic E-state index is 13.2. The minimum Gasteiger partial charge on any atom is -0.348 e. The summed E-state index contributed by atoms with van der Waals surface area (Å²) < 4.78 is 5.38. The number of hydrogen-bond donors (Lipinski definition) is 1. The fraction of sp³-hybridized carbons (Fsp3) is 0.308. The Bertz CT molecular complexity index is 1350. The number of benzene rings is 1. The van der Waals surface area contributed by atoms with Gasteiger partial charge < -0.3 is 14.7 Å². The van der Waals surface area contributed by atoms with Gasteiger partial charge in [-0.15, -0.1) is 11.3 Å². The highest BCUT2D eigenvalue weighted by molar-refractivity contribution is 7.15. The number of carbonyl (C=O) groups is 2. The van der Waals surface area contributed by atoms with E-state index in [1.165, 1.54) is 11.3 Å². The number of carbonyl (C=O) groups excluding carboxylic acids is 2. The van der Waals surface area contributed by atoms with Gasteiger partial charge in [-0.25, -0.2) is 4.98 Å². The van der Waals surface area contributed by atoms with Crippen LogP contribution in [0.2, 0.25) is 0 Å². The van der Waals surface area contributed by atoms with Crippen LogP contribution >= 0.6 is 11.3 Å². The van der Waals surface area contributed by atoms with Crippen LogP contribution in [0, 0.1) is 13.8 Å². The van der Waals surface area contributed by atoms with Crippen molar-refractivity contribution in [1.29, 1.82) is 0 Å². The Morgan fingerprint density at radius 1 is 1.06 bits per heavy atom. The molecular formula is C26H26N4O3S. The minimum atomic E-state index is -0.221. The molecule has 4 heterocycles. The van der Waals surface area contributed by atoms with Crippen LogP contribution in [0.25, 0.3) is 21.7 Å². The second-order valence-electron chi connectivity index (χ2n) is 8.65. The number of rotatable bonds is 5. The van der Waals surface area contributed by atoms with Crippen LogP contribution in [0.4, 0.5) is 0 Å². The molecule has 5 rings (SSSR count). The number of amides is 2. The van der Waals surface area contributed by atoms with Gasteiger partial charge in [0.15, 0.2) is 0 Å². The molecule has 0 bridgehead atoms. The van der Waals surface area contributed by atoms with Crippen molar-refractivity contribution in [1.82, 2.24) is 20.4 Å². The van der Waals surface area contributed by atoms with Crippen molar-refractivity contribution in [3.8, 4) is 10.6 Å². The molecule has 174 valence electrons. The van der Waals surface area contributed by atoms with Gasteiger partial charge in [0.25, 0.3) is 17.5 Å². The molecule has 1 aliphatic heterocycles. The lowest BCUT2D eigenvalue weighted by Crippen LogP contribution is -2.35. The largest absolute Gasteiger partial charge is 0.348 e. The van der Waals surface area contributed by atoms with Gasteiger partial charge in [0.2, 0.25) is 0 Å². The fourth-order valence-corrected chi connectivity index (χ4v) is 5.12. The molecular weight excluding hydrogens is 448 g/mol. The fourth-order valence-electron chi connectivity index (χ4n) is 4.29. The molecule has 0 aliphatic carbocycles. The predicted octanol–water partition coefficient (Wildman–Crippen LogP) is 5.12. The molecule has 2 amide bonds. The number of hydrogen-bond acceptors (Lipinski definition) is 6. The van der Waals surface area contributed by atoms with Gasteiger partial charge in [-0.05, 0) is 69.0 Å². The Balaban J connectivity index is 1.33. The predicted molar refractivity (Wildman–Crippen MR) is 132 cm³/mol. The van der Waals surface area contributed by atoms with E-state index in [-0.39, 0.29) is 11.8 Å². The third-order valence-corrected chi connectivity index (χ3v) is 7.17. The van der Waals surface area contributed by atoms with E-state index in [1.807, 2.05) is 48.2 Å². The molecule has 4 aromatic rings. The summed E-state index contributed by atoms with van der Waals surface area (Å²) in [5.74, 6) is -0.143. The first-order valence-corrected chi connectivity index (χ1v) is 12.3. The second-order valence-corrected chi connectivity index (χ2v) is 9.93. The third kappa shape index (κ3) is 4.46. The quantitative estimate of drug-likeness (QED) is 0.433. The van der Waals surface area contributed by atoms with E-state index < -0.39 is 0 Å². The first kappa shape index (κ1) is 22.3. The van der Waals surface area contributed by atoms with Crippen LogP contribution in [-0.4, -0.2) is 39.9 Å². The van der Waals surface area contributed by atoms with Gasteiger partial charge in [0.1, 0.15) is 0 Å². The summed E-state index contributed by atoms with van der Waals surface area (Å²) >= 11 is 1.61. The summed E-state index contributed by atoms with van der Waals surface area (Å²) in [5.41, 5.74) is 3.76. The lowest BCUT2D eigenvalue weighted by Gasteiger charge is -2.26. The molecule has 3 aromatic heterocycles. The highest BCUT2D eigenvalue weighted by atomic mass is 32.1. The highest BCUT2D eigenvalue weighted by Gasteiger charge is 2.20. The van der Waals surface area contributed by atoms with Crippen molar-refractivity contribution in [3.05, 3.63) is 69.7 Å². The summed E-state index contributed by atoms with van der Waals surface area (Å²) in [6, 6.07) is 13.3. The number of aromatic nitrogens is 2. The average molecular weight is 475 g/mol. The minimum absolute atomic E-state index is 0.0775. The van der Waals surface area contributed by atoms with Crippen LogP contribution in [0.5, 0.6) is 0 Å². The van der Waals surface area contributed by atoms with Gasteiger partial charge in [-0.2, -0.15) is 0 Å². The van der Waals surface area contributed by atoms with Crippen molar-refractivity contribution in [2.24, 2.45) is 0 Å². The van der Waals surface area contributed by atoms with Crippen LogP contribution < -0.4 is 5.32 Å². The zero-order valence-corrected chi connectivity index (χ0v) is 20.1. The molecule has 1 N–H and O–H groups in total. The lowest BCUT2D eigenvalue weighted by atomic mass is 10.1. The van der Waals surface area contributed by atoms with Crippen molar-refractivity contribution in [3.63, 3.8) is 0 Å². The van der Waals surface area contributed by atoms with Gasteiger partial charge >= 0.3 is 0 Å². The maximum Gasteiger partial charge on any atom is 0.259 e. The molecule has 8 heteroatoms. The van der Waals surface area contributed by atoms with E-state index in [4.69, 9.17) is 4.52 Å². The smallest absolute Gasteiger partial charge is 0.259 e. The highest BCUT2D eigenvalue weighted by Crippen LogP contribution is 2.31. The Hall–Kier alpha value is -3.52. The molecule has 0 saturated carbocycles. The van der Waals surface area contributed by atoms with E-state index in [0.29, 0.717) is 40.2 Å². The SMILES string of the molecule is Cc1ccc(-c2cc(C(=O)NCc3ccc(C(=O)N4CCCCC4)cc3)c3c(C)noc3n2)s1. The molecule has 0 unspecified atom stereocenters. The van der Waals surface area contributed by atoms with Crippen LogP contribution in [-0.2, 0) is 6.54 Å². The molecule has 0 radical (unpaired) electrons. The monoisotopic (exact) mass is 474 g/mol. The van der Waals surface area contributed by atoms with Crippen LogP contribution in [0.3, 0.4) is 0 Å². The van der Waals surface area contributed by atoms with Gasteiger partial charge in [-0.1, -0.05) is 17.3 Å². The zero-order chi connectivity index (χ0) is 23.7. The van der Waals surface area contributed by atoms with Crippen molar-refractivity contribution in [2.45, 2.75) is 39.7 Å². The topological polar surface area (TPSA) is 88.3 Å². The lowest BCUT2D eigenvalue weighted by molar-refractivity contribution is 0.0724. The molecule has 7 nitrogen and oxygen atoms in total. The first-order chi connectivity index (χ1) is 16.5. The molecule has 34 heavy (non-hydrogen) atoms. The number of fused-ring (bicyclic) bond motifs is 1. The van der Waals surface area contributed by atoms with E-state index >= 15 is 0 Å². The number of likely N-dealkylation sites (tertiary alicyclic amines) is 1. The number of nitrogens with one attached hydrogen (secondary N) is 1. The summed E-state index contributed by atoms with van der Waals surface area (Å²) in [6.45, 7) is 5.83. The number of thiophene rings is 1. The number of aryl methyl sites for hydroxylation is 2. The van der Waals surface area contributed by atoms with E-state index in [9.17, 15) is 9.59 Å². The Labute approximate surface area is 201 Å². The summed E-state index contributed by atoms with van der Waals surface area (Å²) in [6.07, 6.45) is 3.32. The van der Waals surface area contributed by atoms with Crippen LogP contribution in [0.15, 0.2) is 47.0 Å². The van der Waals surface area contributed by atoms with Gasteiger partial charge in [0, 0.05) is 30.1 Å². The standard InChI is InChI=1S/C26H26N4O3S/c1-16-6-11-22(34-16)21-14-20(23-17(2)29-33-25(23)28-21)24(31)27-15-18-7-9-19(10-8-18)26(32)30-12-4-3-5-13-30/h6-11,14H,3-5,12-13,15H2,1-2H3,(H,27,31). The molecule has 1 aromatic carbocycles. The molecule has 1 saturated heterocycles. The van der Waals surface area contributed by atoms with Crippen molar-refractivity contribution < 1.29 is 14.1 Å². The molecule has 0 spiro atoms. The maximum atomic E-state index is 13.2. The van der Waals surface area contributed by atoms with Crippen molar-refractivity contribution in [2.75, 3.05) is 13.1 Å². The Morgan fingerprint density at radius 2 is 1.82 bits per heavy atom. The van der Waals surface area contributed by atoms with Crippen LogP contribution in [0.1, 0.15) is 56.1 Å². The van der Waals surface area contributed by atoms with Gasteiger partial charge in [0.05, 0.1) is 27.2 Å². The average Bonchev–Trinajstić information content (AvgIpc) is 3.48. The summed E-state index contributed by atoms with van der Waals surface area (Å²) in [4.78, 5) is 34.5. The van der Waals surface area contributed by atoms with Gasteiger partial charge in [-0.3, -0.25) is 9.59 Å². The van der Waals surface area contributed by atoms with E-state index in [2.05, 4.69) is 15.5 Å². The number of pyridine rings is 1. The van der Waals surface area contributed by atoms with Crippen molar-refractivity contribution >= 4 is 34.3 Å². The summed E-state index contributed by atoms with van der Waals surface area (Å²) in [5, 5.41) is 7.63. The molecule has 0 atom stereocenters. The number of piperidine rings is 1.